The second-order valence-corrected chi connectivity index (χ2v) is 5.81. The number of likely N-dealkylation sites (N-methyl/N-ethyl adjacent to an activating group) is 1. The van der Waals surface area contributed by atoms with Gasteiger partial charge < -0.3 is 14.8 Å². The highest BCUT2D eigenvalue weighted by atomic mass is 16.5. The van der Waals surface area contributed by atoms with Crippen LogP contribution in [0.2, 0.25) is 0 Å². The van der Waals surface area contributed by atoms with E-state index in [-0.39, 0.29) is 0 Å². The molecule has 5 nitrogen and oxygen atoms in total. The molecule has 2 saturated heterocycles. The topological polar surface area (TPSA) is 37.0 Å². The van der Waals surface area contributed by atoms with E-state index < -0.39 is 0 Å². The molecule has 2 aliphatic rings. The first-order chi connectivity index (χ1) is 9.83. The first-order valence-corrected chi connectivity index (χ1v) is 8.20. The molecule has 0 bridgehead atoms. The van der Waals surface area contributed by atoms with Crippen molar-refractivity contribution in [1.82, 2.24) is 15.1 Å². The van der Waals surface area contributed by atoms with E-state index >= 15 is 0 Å². The highest BCUT2D eigenvalue weighted by Crippen LogP contribution is 2.12. The van der Waals surface area contributed by atoms with E-state index in [4.69, 9.17) is 9.47 Å². The molecule has 2 fully saturated rings. The molecule has 0 radical (unpaired) electrons. The Bertz CT molecular complexity index is 266. The van der Waals surface area contributed by atoms with Crippen molar-refractivity contribution in [2.24, 2.45) is 0 Å². The van der Waals surface area contributed by atoms with Gasteiger partial charge in [-0.05, 0) is 19.5 Å². The predicted octanol–water partition coefficient (Wildman–Crippen LogP) is 0.408. The van der Waals surface area contributed by atoms with E-state index in [1.54, 1.807) is 0 Å². The Labute approximate surface area is 123 Å². The maximum atomic E-state index is 5.94. The van der Waals surface area contributed by atoms with Gasteiger partial charge in [-0.1, -0.05) is 13.8 Å². The number of ether oxygens (including phenoxy) is 2. The van der Waals surface area contributed by atoms with Gasteiger partial charge in [0.05, 0.1) is 25.9 Å². The number of nitrogens with one attached hydrogen (secondary N) is 1. The van der Waals surface area contributed by atoms with Gasteiger partial charge in [0, 0.05) is 38.8 Å². The molecule has 0 saturated carbocycles. The largest absolute Gasteiger partial charge is 0.378 e. The van der Waals surface area contributed by atoms with E-state index in [2.05, 4.69) is 29.0 Å². The molecule has 0 aromatic heterocycles. The number of hydrogen-bond donors (Lipinski definition) is 1. The van der Waals surface area contributed by atoms with Crippen molar-refractivity contribution in [1.29, 1.82) is 0 Å². The van der Waals surface area contributed by atoms with Gasteiger partial charge in [-0.2, -0.15) is 0 Å². The fraction of sp³-hybridized carbons (Fsp3) is 1.00. The first kappa shape index (κ1) is 16.2. The minimum Gasteiger partial charge on any atom is -0.378 e. The molecule has 2 unspecified atom stereocenters. The van der Waals surface area contributed by atoms with E-state index in [9.17, 15) is 0 Å². The van der Waals surface area contributed by atoms with Crippen LogP contribution in [-0.4, -0.2) is 87.6 Å². The van der Waals surface area contributed by atoms with Crippen LogP contribution in [0.5, 0.6) is 0 Å². The van der Waals surface area contributed by atoms with Crippen LogP contribution >= 0.6 is 0 Å². The summed E-state index contributed by atoms with van der Waals surface area (Å²) in [5.41, 5.74) is 0. The molecular weight excluding hydrogens is 254 g/mol. The third-order valence-corrected chi connectivity index (χ3v) is 4.26. The van der Waals surface area contributed by atoms with Gasteiger partial charge in [-0.15, -0.1) is 0 Å². The van der Waals surface area contributed by atoms with Gasteiger partial charge in [-0.25, -0.2) is 0 Å². The number of morpholine rings is 2. The summed E-state index contributed by atoms with van der Waals surface area (Å²) in [6.45, 7) is 14.5. The van der Waals surface area contributed by atoms with Crippen molar-refractivity contribution in [3.05, 3.63) is 0 Å². The summed E-state index contributed by atoms with van der Waals surface area (Å²) in [7, 11) is 0. The average molecular weight is 285 g/mol. The second-order valence-electron chi connectivity index (χ2n) is 5.81. The van der Waals surface area contributed by atoms with Crippen LogP contribution in [0.25, 0.3) is 0 Å². The fourth-order valence-electron chi connectivity index (χ4n) is 3.00. The fourth-order valence-corrected chi connectivity index (χ4v) is 3.00. The Kier molecular flexibility index (Phi) is 7.24. The highest BCUT2D eigenvalue weighted by molar-refractivity contribution is 4.82. The van der Waals surface area contributed by atoms with Gasteiger partial charge >= 0.3 is 0 Å². The minimum atomic E-state index is 0.357. The Morgan fingerprint density at radius 1 is 1.20 bits per heavy atom. The number of nitrogens with zero attached hydrogens (tertiary/aromatic N) is 2. The van der Waals surface area contributed by atoms with Crippen LogP contribution in [-0.2, 0) is 9.47 Å². The zero-order valence-corrected chi connectivity index (χ0v) is 13.1. The van der Waals surface area contributed by atoms with Crippen LogP contribution in [0.15, 0.2) is 0 Å². The molecule has 2 aliphatic heterocycles. The molecule has 0 aromatic carbocycles. The minimum absolute atomic E-state index is 0.357. The normalized spacial score (nSPS) is 29.7. The van der Waals surface area contributed by atoms with Crippen molar-refractivity contribution in [2.75, 3.05) is 65.6 Å². The quantitative estimate of drug-likeness (QED) is 0.686. The molecule has 20 heavy (non-hydrogen) atoms. The van der Waals surface area contributed by atoms with Crippen molar-refractivity contribution in [2.45, 2.75) is 32.4 Å². The first-order valence-electron chi connectivity index (χ1n) is 8.20. The molecule has 2 atom stereocenters. The van der Waals surface area contributed by atoms with Crippen molar-refractivity contribution < 1.29 is 9.47 Å². The lowest BCUT2D eigenvalue weighted by atomic mass is 10.1. The molecule has 2 heterocycles. The SMILES string of the molecule is CCCNCC1COCCN1CC1CN(CC)CCO1. The van der Waals surface area contributed by atoms with Crippen LogP contribution in [0.3, 0.4) is 0 Å². The Balaban J connectivity index is 1.78. The van der Waals surface area contributed by atoms with E-state index in [0.717, 1.165) is 65.6 Å². The Hall–Kier alpha value is -0.200. The lowest BCUT2D eigenvalue weighted by Crippen LogP contribution is -2.55. The van der Waals surface area contributed by atoms with Gasteiger partial charge in [0.1, 0.15) is 0 Å². The monoisotopic (exact) mass is 285 g/mol. The zero-order chi connectivity index (χ0) is 14.2. The highest BCUT2D eigenvalue weighted by Gasteiger charge is 2.27. The van der Waals surface area contributed by atoms with E-state index in [1.807, 2.05) is 0 Å². The smallest absolute Gasteiger partial charge is 0.0829 e. The van der Waals surface area contributed by atoms with Gasteiger partial charge in [0.15, 0.2) is 0 Å². The Morgan fingerprint density at radius 2 is 2.10 bits per heavy atom. The summed E-state index contributed by atoms with van der Waals surface area (Å²) < 4.78 is 11.6. The van der Waals surface area contributed by atoms with Crippen molar-refractivity contribution in [3.63, 3.8) is 0 Å². The second kappa shape index (κ2) is 8.95. The molecular formula is C15H31N3O2. The van der Waals surface area contributed by atoms with Gasteiger partial charge in [0.2, 0.25) is 0 Å². The van der Waals surface area contributed by atoms with Crippen LogP contribution < -0.4 is 5.32 Å². The standard InChI is InChI=1S/C15H31N3O2/c1-3-5-16-10-14-13-19-8-7-18(14)12-15-11-17(4-2)6-9-20-15/h14-16H,3-13H2,1-2H3. The summed E-state index contributed by atoms with van der Waals surface area (Å²) in [6.07, 6.45) is 1.54. The van der Waals surface area contributed by atoms with Crippen LogP contribution in [0.4, 0.5) is 0 Å². The van der Waals surface area contributed by atoms with Gasteiger partial charge in [-0.3, -0.25) is 9.80 Å². The summed E-state index contributed by atoms with van der Waals surface area (Å²) in [5.74, 6) is 0. The molecule has 0 spiro atoms. The third-order valence-electron chi connectivity index (χ3n) is 4.26. The maximum Gasteiger partial charge on any atom is 0.0829 e. The summed E-state index contributed by atoms with van der Waals surface area (Å²) in [5, 5.41) is 3.52. The molecule has 118 valence electrons. The lowest BCUT2D eigenvalue weighted by molar-refractivity contribution is -0.0715. The summed E-state index contributed by atoms with van der Waals surface area (Å²) >= 11 is 0. The average Bonchev–Trinajstić information content (AvgIpc) is 2.49. The maximum absolute atomic E-state index is 5.94. The van der Waals surface area contributed by atoms with E-state index in [1.165, 1.54) is 6.42 Å². The number of rotatable bonds is 7. The zero-order valence-electron chi connectivity index (χ0n) is 13.1. The van der Waals surface area contributed by atoms with Crippen LogP contribution in [0, 0.1) is 0 Å². The lowest BCUT2D eigenvalue weighted by Gasteiger charge is -2.40. The van der Waals surface area contributed by atoms with E-state index in [0.29, 0.717) is 12.1 Å². The predicted molar refractivity (Wildman–Crippen MR) is 81.2 cm³/mol. The van der Waals surface area contributed by atoms with Crippen LogP contribution in [0.1, 0.15) is 20.3 Å². The molecule has 2 rings (SSSR count). The molecule has 0 aromatic rings. The number of hydrogen-bond acceptors (Lipinski definition) is 5. The molecule has 5 heteroatoms. The van der Waals surface area contributed by atoms with Crippen molar-refractivity contribution >= 4 is 0 Å². The molecule has 0 aliphatic carbocycles. The molecule has 0 amide bonds. The summed E-state index contributed by atoms with van der Waals surface area (Å²) in [6, 6.07) is 0.496. The van der Waals surface area contributed by atoms with Gasteiger partial charge in [0.25, 0.3) is 0 Å². The van der Waals surface area contributed by atoms with Crippen molar-refractivity contribution in [3.8, 4) is 0 Å². The molecule has 1 N–H and O–H groups in total. The summed E-state index contributed by atoms with van der Waals surface area (Å²) in [4.78, 5) is 5.04. The third kappa shape index (κ3) is 4.97. The Morgan fingerprint density at radius 3 is 2.90 bits per heavy atom.